The van der Waals surface area contributed by atoms with Gasteiger partial charge in [0.1, 0.15) is 0 Å². The monoisotopic (exact) mass is 265 g/mol. The Hall–Kier alpha value is -2.37. The highest BCUT2D eigenvalue weighted by molar-refractivity contribution is 5.96. The highest BCUT2D eigenvalue weighted by Crippen LogP contribution is 2.55. The van der Waals surface area contributed by atoms with Crippen LogP contribution in [-0.4, -0.2) is 16.6 Å². The number of nitro groups is 1. The van der Waals surface area contributed by atoms with Crippen molar-refractivity contribution in [2.45, 2.75) is 12.8 Å². The van der Waals surface area contributed by atoms with Crippen LogP contribution in [0.15, 0.2) is 42.0 Å². The Balaban J connectivity index is 2.30. The minimum atomic E-state index is -3.07. The third-order valence-electron chi connectivity index (χ3n) is 2.71. The van der Waals surface area contributed by atoms with E-state index in [4.69, 9.17) is 0 Å². The molecule has 0 fully saturated rings. The third-order valence-corrected chi connectivity index (χ3v) is 2.71. The first-order chi connectivity index (χ1) is 8.84. The molecule has 0 atom stereocenters. The molecule has 6 heteroatoms. The van der Waals surface area contributed by atoms with Crippen LogP contribution in [0.5, 0.6) is 0 Å². The maximum absolute atomic E-state index is 13.5. The largest absolute Gasteiger partial charge is 0.300 e. The fourth-order valence-corrected chi connectivity index (χ4v) is 1.73. The predicted octanol–water partition coefficient (Wildman–Crippen LogP) is 3.14. The van der Waals surface area contributed by atoms with Crippen molar-refractivity contribution in [1.82, 2.24) is 0 Å². The van der Waals surface area contributed by atoms with E-state index in [1.807, 2.05) is 0 Å². The number of non-ortho nitro benzene ring substituents is 1. The highest BCUT2D eigenvalue weighted by Gasteiger charge is 2.55. The Morgan fingerprint density at radius 3 is 2.37 bits per heavy atom. The second-order valence-electron chi connectivity index (χ2n) is 4.11. The Kier molecular flexibility index (Phi) is 3.01. The van der Waals surface area contributed by atoms with Gasteiger partial charge in [0, 0.05) is 23.3 Å². The number of hydrogen-bond acceptors (Lipinski definition) is 3. The van der Waals surface area contributed by atoms with E-state index >= 15 is 0 Å². The molecule has 1 aromatic carbocycles. The zero-order valence-corrected chi connectivity index (χ0v) is 9.89. The van der Waals surface area contributed by atoms with E-state index in [-0.39, 0.29) is 28.2 Å². The van der Waals surface area contributed by atoms with Crippen LogP contribution in [0.4, 0.5) is 14.5 Å². The van der Waals surface area contributed by atoms with Crippen LogP contribution < -0.4 is 0 Å². The van der Waals surface area contributed by atoms with Crippen molar-refractivity contribution in [2.24, 2.45) is 0 Å². The molecule has 0 spiro atoms. The van der Waals surface area contributed by atoms with Crippen molar-refractivity contribution < 1.29 is 18.5 Å². The molecule has 0 amide bonds. The van der Waals surface area contributed by atoms with E-state index in [2.05, 4.69) is 0 Å². The summed E-state index contributed by atoms with van der Waals surface area (Å²) in [7, 11) is 0. The first kappa shape index (κ1) is 13.1. The molecule has 98 valence electrons. The molecule has 0 unspecified atom stereocenters. The van der Waals surface area contributed by atoms with Crippen molar-refractivity contribution in [3.05, 3.63) is 57.7 Å². The molecule has 19 heavy (non-hydrogen) atoms. The van der Waals surface area contributed by atoms with Gasteiger partial charge in [0.25, 0.3) is 11.6 Å². The number of nitrogens with zero attached hydrogens (tertiary/aromatic N) is 1. The standard InChI is InChI=1S/C13H9F2NO3/c1-8(17)2-7-11-12(13(11,14)15)9-3-5-10(6-4-9)16(18)19/h2-7H,1H3/b7-2+. The first-order valence-electron chi connectivity index (χ1n) is 5.40. The van der Waals surface area contributed by atoms with Crippen LogP contribution in [0.3, 0.4) is 0 Å². The van der Waals surface area contributed by atoms with Gasteiger partial charge in [-0.2, -0.15) is 8.78 Å². The van der Waals surface area contributed by atoms with E-state index in [0.29, 0.717) is 0 Å². The van der Waals surface area contributed by atoms with Gasteiger partial charge in [-0.15, -0.1) is 0 Å². The van der Waals surface area contributed by atoms with Gasteiger partial charge in [-0.1, -0.05) is 0 Å². The van der Waals surface area contributed by atoms with Crippen LogP contribution in [0.1, 0.15) is 12.5 Å². The molecule has 0 saturated heterocycles. The normalized spacial score (nSPS) is 16.8. The van der Waals surface area contributed by atoms with Gasteiger partial charge in [-0.3, -0.25) is 14.9 Å². The second kappa shape index (κ2) is 4.38. The molecule has 0 radical (unpaired) electrons. The summed E-state index contributed by atoms with van der Waals surface area (Å²) in [5.74, 6) is -3.39. The molecule has 2 rings (SSSR count). The predicted molar refractivity (Wildman–Crippen MR) is 64.8 cm³/mol. The minimum absolute atomic E-state index is 0.158. The molecule has 1 aliphatic rings. The van der Waals surface area contributed by atoms with E-state index in [0.717, 1.165) is 12.2 Å². The quantitative estimate of drug-likeness (QED) is 0.477. The topological polar surface area (TPSA) is 60.2 Å². The molecule has 1 aliphatic carbocycles. The molecule has 0 aliphatic heterocycles. The van der Waals surface area contributed by atoms with E-state index in [1.165, 1.54) is 31.2 Å². The SMILES string of the molecule is CC(=O)/C=C/C1=C(c2ccc([N+](=O)[O-])cc2)C1(F)F. The van der Waals surface area contributed by atoms with Crippen molar-refractivity contribution >= 4 is 17.0 Å². The second-order valence-corrected chi connectivity index (χ2v) is 4.11. The lowest BCUT2D eigenvalue weighted by Crippen LogP contribution is -1.97. The summed E-state index contributed by atoms with van der Waals surface area (Å²) in [5.41, 5.74) is -0.357. The molecule has 1 aromatic rings. The summed E-state index contributed by atoms with van der Waals surface area (Å²) in [6, 6.07) is 4.89. The van der Waals surface area contributed by atoms with Crippen LogP contribution in [0.25, 0.3) is 5.57 Å². The number of halogens is 2. The number of carbonyl (C=O) groups is 1. The summed E-state index contributed by atoms with van der Waals surface area (Å²) in [4.78, 5) is 20.6. The van der Waals surface area contributed by atoms with Crippen LogP contribution in [-0.2, 0) is 4.79 Å². The lowest BCUT2D eigenvalue weighted by atomic mass is 10.1. The first-order valence-corrected chi connectivity index (χ1v) is 5.40. The van der Waals surface area contributed by atoms with Crippen LogP contribution in [0.2, 0.25) is 0 Å². The minimum Gasteiger partial charge on any atom is -0.295 e. The lowest BCUT2D eigenvalue weighted by Gasteiger charge is -1.97. The Morgan fingerprint density at radius 2 is 1.89 bits per heavy atom. The summed E-state index contributed by atoms with van der Waals surface area (Å²) >= 11 is 0. The average Bonchev–Trinajstić information content (AvgIpc) is 2.88. The fraction of sp³-hybridized carbons (Fsp3) is 0.154. The van der Waals surface area contributed by atoms with Gasteiger partial charge < -0.3 is 0 Å². The van der Waals surface area contributed by atoms with Gasteiger partial charge >= 0.3 is 0 Å². The van der Waals surface area contributed by atoms with Crippen molar-refractivity contribution in [1.29, 1.82) is 0 Å². The summed E-state index contributed by atoms with van der Waals surface area (Å²) in [6.45, 7) is 1.27. The lowest BCUT2D eigenvalue weighted by molar-refractivity contribution is -0.384. The highest BCUT2D eigenvalue weighted by atomic mass is 19.3. The van der Waals surface area contributed by atoms with E-state index in [9.17, 15) is 23.7 Å². The van der Waals surface area contributed by atoms with E-state index in [1.54, 1.807) is 0 Å². The average molecular weight is 265 g/mol. The van der Waals surface area contributed by atoms with Gasteiger partial charge in [0.2, 0.25) is 0 Å². The number of carbonyl (C=O) groups excluding carboxylic acids is 1. The van der Waals surface area contributed by atoms with Crippen molar-refractivity contribution in [2.75, 3.05) is 0 Å². The summed E-state index contributed by atoms with van der Waals surface area (Å²) in [6.07, 6.45) is 2.15. The van der Waals surface area contributed by atoms with Gasteiger partial charge in [-0.25, -0.2) is 0 Å². The van der Waals surface area contributed by atoms with Crippen LogP contribution >= 0.6 is 0 Å². The molecule has 4 nitrogen and oxygen atoms in total. The van der Waals surface area contributed by atoms with Crippen molar-refractivity contribution in [3.63, 3.8) is 0 Å². The zero-order chi connectivity index (χ0) is 14.2. The maximum Gasteiger partial charge on any atom is 0.300 e. The smallest absolute Gasteiger partial charge is 0.295 e. The maximum atomic E-state index is 13.5. The third kappa shape index (κ3) is 2.42. The molecular weight excluding hydrogens is 256 g/mol. The molecular formula is C13H9F2NO3. The Morgan fingerprint density at radius 1 is 1.32 bits per heavy atom. The van der Waals surface area contributed by atoms with Crippen molar-refractivity contribution in [3.8, 4) is 0 Å². The summed E-state index contributed by atoms with van der Waals surface area (Å²) < 4.78 is 27.0. The Bertz CT molecular complexity index is 615. The number of ketones is 1. The molecule has 0 heterocycles. The number of rotatable bonds is 4. The number of benzene rings is 1. The molecule has 0 bridgehead atoms. The summed E-state index contributed by atoms with van der Waals surface area (Å²) in [5, 5.41) is 10.5. The number of hydrogen-bond donors (Lipinski definition) is 0. The number of alkyl halides is 2. The number of allylic oxidation sites excluding steroid dienone is 4. The van der Waals surface area contributed by atoms with Gasteiger partial charge in [0.05, 0.1) is 4.92 Å². The van der Waals surface area contributed by atoms with Gasteiger partial charge in [0.15, 0.2) is 5.78 Å². The fourth-order valence-electron chi connectivity index (χ4n) is 1.73. The van der Waals surface area contributed by atoms with Crippen LogP contribution in [0, 0.1) is 10.1 Å². The molecule has 0 aromatic heterocycles. The number of nitro benzene ring substituents is 1. The molecule has 0 N–H and O–H groups in total. The zero-order valence-electron chi connectivity index (χ0n) is 9.89. The Labute approximate surface area is 107 Å². The van der Waals surface area contributed by atoms with Gasteiger partial charge in [-0.05, 0) is 36.8 Å². The molecule has 0 saturated carbocycles. The van der Waals surface area contributed by atoms with E-state index < -0.39 is 10.8 Å².